The van der Waals surface area contributed by atoms with Gasteiger partial charge in [-0.3, -0.25) is 4.57 Å². The van der Waals surface area contributed by atoms with Gasteiger partial charge < -0.3 is 10.1 Å². The molecule has 1 aliphatic carbocycles. The Morgan fingerprint density at radius 2 is 2.20 bits per heavy atom. The van der Waals surface area contributed by atoms with Crippen LogP contribution < -0.4 is 5.32 Å². The number of nitrogens with zero attached hydrogens (tertiary/aromatic N) is 3. The molecule has 2 unspecified atom stereocenters. The Kier molecular flexibility index (Phi) is 3.97. The lowest BCUT2D eigenvalue weighted by molar-refractivity contribution is 0.0606. The highest BCUT2D eigenvalue weighted by atomic mass is 16.5. The Morgan fingerprint density at radius 1 is 1.30 bits per heavy atom. The van der Waals surface area contributed by atoms with Crippen molar-refractivity contribution < 1.29 is 4.74 Å². The normalized spacial score (nSPS) is 22.6. The standard InChI is InChI=1S/C15H20N4O/c1-20-14-5-3-2-4-13(14)18-12-6-7-15(17-10-12)19-9-8-16-11-19/h6-11,13-14,18H,2-5H2,1H3. The molecule has 0 spiro atoms. The van der Waals surface area contributed by atoms with Crippen LogP contribution in [0, 0.1) is 0 Å². The minimum Gasteiger partial charge on any atom is -0.379 e. The lowest BCUT2D eigenvalue weighted by Crippen LogP contribution is -2.37. The van der Waals surface area contributed by atoms with Gasteiger partial charge in [0.2, 0.25) is 0 Å². The van der Waals surface area contributed by atoms with Crippen molar-refractivity contribution in [2.24, 2.45) is 0 Å². The maximum Gasteiger partial charge on any atom is 0.137 e. The van der Waals surface area contributed by atoms with E-state index in [0.29, 0.717) is 12.1 Å². The number of methoxy groups -OCH3 is 1. The summed E-state index contributed by atoms with van der Waals surface area (Å²) in [7, 11) is 1.80. The zero-order chi connectivity index (χ0) is 13.8. The Morgan fingerprint density at radius 3 is 2.90 bits per heavy atom. The number of hydrogen-bond donors (Lipinski definition) is 1. The van der Waals surface area contributed by atoms with Gasteiger partial charge in [0.15, 0.2) is 0 Å². The number of imidazole rings is 1. The van der Waals surface area contributed by atoms with Crippen molar-refractivity contribution in [2.75, 3.05) is 12.4 Å². The highest BCUT2D eigenvalue weighted by molar-refractivity contribution is 5.44. The van der Waals surface area contributed by atoms with Gasteiger partial charge in [-0.15, -0.1) is 0 Å². The third-order valence-electron chi connectivity index (χ3n) is 3.87. The fourth-order valence-corrected chi connectivity index (χ4v) is 2.78. The summed E-state index contributed by atoms with van der Waals surface area (Å²) >= 11 is 0. The predicted octanol–water partition coefficient (Wildman–Crippen LogP) is 2.64. The molecular formula is C15H20N4O. The van der Waals surface area contributed by atoms with E-state index in [1.165, 1.54) is 12.8 Å². The summed E-state index contributed by atoms with van der Waals surface area (Å²) in [5.74, 6) is 0.875. The van der Waals surface area contributed by atoms with Crippen LogP contribution in [0.1, 0.15) is 25.7 Å². The molecule has 0 aliphatic heterocycles. The number of rotatable bonds is 4. The number of aromatic nitrogens is 3. The van der Waals surface area contributed by atoms with E-state index in [1.54, 1.807) is 19.6 Å². The Hall–Kier alpha value is -1.88. The van der Waals surface area contributed by atoms with E-state index < -0.39 is 0 Å². The van der Waals surface area contributed by atoms with Crippen LogP contribution in [0.25, 0.3) is 5.82 Å². The molecule has 0 bridgehead atoms. The average molecular weight is 272 g/mol. The lowest BCUT2D eigenvalue weighted by atomic mass is 9.92. The van der Waals surface area contributed by atoms with E-state index in [2.05, 4.69) is 21.4 Å². The smallest absolute Gasteiger partial charge is 0.137 e. The number of nitrogens with one attached hydrogen (secondary N) is 1. The summed E-state index contributed by atoms with van der Waals surface area (Å²) in [4.78, 5) is 8.48. The Labute approximate surface area is 119 Å². The molecule has 1 aliphatic rings. The molecular weight excluding hydrogens is 252 g/mol. The molecule has 2 aromatic rings. The second-order valence-electron chi connectivity index (χ2n) is 5.18. The van der Waals surface area contributed by atoms with Crippen molar-refractivity contribution in [3.63, 3.8) is 0 Å². The zero-order valence-electron chi connectivity index (χ0n) is 11.7. The highest BCUT2D eigenvalue weighted by Crippen LogP contribution is 2.24. The van der Waals surface area contributed by atoms with Crippen LogP contribution in [0.2, 0.25) is 0 Å². The first-order valence-electron chi connectivity index (χ1n) is 7.10. The largest absolute Gasteiger partial charge is 0.379 e. The van der Waals surface area contributed by atoms with E-state index in [-0.39, 0.29) is 0 Å². The maximum absolute atomic E-state index is 5.56. The summed E-state index contributed by atoms with van der Waals surface area (Å²) in [6, 6.07) is 4.44. The van der Waals surface area contributed by atoms with Gasteiger partial charge in [0.05, 0.1) is 24.0 Å². The van der Waals surface area contributed by atoms with Crippen molar-refractivity contribution >= 4 is 5.69 Å². The molecule has 1 fully saturated rings. The molecule has 5 nitrogen and oxygen atoms in total. The fourth-order valence-electron chi connectivity index (χ4n) is 2.78. The summed E-state index contributed by atoms with van der Waals surface area (Å²) in [5.41, 5.74) is 1.04. The molecule has 5 heteroatoms. The van der Waals surface area contributed by atoms with E-state index in [1.807, 2.05) is 23.0 Å². The van der Waals surface area contributed by atoms with Crippen molar-refractivity contribution in [3.8, 4) is 5.82 Å². The van der Waals surface area contributed by atoms with E-state index in [9.17, 15) is 0 Å². The monoisotopic (exact) mass is 272 g/mol. The third-order valence-corrected chi connectivity index (χ3v) is 3.87. The molecule has 106 valence electrons. The molecule has 0 amide bonds. The van der Waals surface area contributed by atoms with Gasteiger partial charge in [-0.2, -0.15) is 0 Å². The average Bonchev–Trinajstić information content (AvgIpc) is 3.03. The Bertz CT molecular complexity index is 523. The Balaban J connectivity index is 1.68. The summed E-state index contributed by atoms with van der Waals surface area (Å²) < 4.78 is 7.45. The molecule has 1 N–H and O–H groups in total. The molecule has 1 saturated carbocycles. The van der Waals surface area contributed by atoms with Crippen LogP contribution in [0.5, 0.6) is 0 Å². The first-order valence-corrected chi connectivity index (χ1v) is 7.10. The van der Waals surface area contributed by atoms with Gasteiger partial charge in [0, 0.05) is 19.5 Å². The van der Waals surface area contributed by atoms with Crippen molar-refractivity contribution in [1.29, 1.82) is 0 Å². The summed E-state index contributed by atoms with van der Waals surface area (Å²) in [5, 5.41) is 3.54. The van der Waals surface area contributed by atoms with Gasteiger partial charge in [-0.05, 0) is 25.0 Å². The van der Waals surface area contributed by atoms with Crippen molar-refractivity contribution in [2.45, 2.75) is 37.8 Å². The number of anilines is 1. The minimum absolute atomic E-state index is 0.303. The lowest BCUT2D eigenvalue weighted by Gasteiger charge is -2.31. The second-order valence-corrected chi connectivity index (χ2v) is 5.18. The van der Waals surface area contributed by atoms with Crippen LogP contribution in [0.4, 0.5) is 5.69 Å². The van der Waals surface area contributed by atoms with E-state index >= 15 is 0 Å². The quantitative estimate of drug-likeness (QED) is 0.929. The van der Waals surface area contributed by atoms with Crippen molar-refractivity contribution in [3.05, 3.63) is 37.1 Å². The van der Waals surface area contributed by atoms with Gasteiger partial charge in [0.1, 0.15) is 12.1 Å². The van der Waals surface area contributed by atoms with Gasteiger partial charge >= 0.3 is 0 Å². The summed E-state index contributed by atoms with van der Waals surface area (Å²) in [6.45, 7) is 0. The second kappa shape index (κ2) is 6.05. The molecule has 0 aromatic carbocycles. The predicted molar refractivity (Wildman–Crippen MR) is 78.0 cm³/mol. The van der Waals surface area contributed by atoms with Crippen LogP contribution in [0.15, 0.2) is 37.1 Å². The minimum atomic E-state index is 0.303. The van der Waals surface area contributed by atoms with Gasteiger partial charge in [-0.1, -0.05) is 12.8 Å². The van der Waals surface area contributed by atoms with Crippen molar-refractivity contribution in [1.82, 2.24) is 14.5 Å². The molecule has 0 radical (unpaired) electrons. The van der Waals surface area contributed by atoms with Gasteiger partial charge in [0.25, 0.3) is 0 Å². The molecule has 2 heterocycles. The molecule has 0 saturated heterocycles. The molecule has 20 heavy (non-hydrogen) atoms. The van der Waals surface area contributed by atoms with E-state index in [4.69, 9.17) is 4.74 Å². The first-order chi connectivity index (χ1) is 9.86. The summed E-state index contributed by atoms with van der Waals surface area (Å²) in [6.07, 6.45) is 12.4. The first kappa shape index (κ1) is 13.1. The van der Waals surface area contributed by atoms with Crippen LogP contribution in [-0.2, 0) is 4.74 Å². The zero-order valence-corrected chi connectivity index (χ0v) is 11.7. The maximum atomic E-state index is 5.56. The molecule has 2 atom stereocenters. The van der Waals surface area contributed by atoms with Crippen LogP contribution in [0.3, 0.4) is 0 Å². The topological polar surface area (TPSA) is 52.0 Å². The number of hydrogen-bond acceptors (Lipinski definition) is 4. The SMILES string of the molecule is COC1CCCCC1Nc1ccc(-n2ccnc2)nc1. The van der Waals surface area contributed by atoms with Crippen LogP contribution in [-0.4, -0.2) is 33.8 Å². The van der Waals surface area contributed by atoms with Gasteiger partial charge in [-0.25, -0.2) is 9.97 Å². The fraction of sp³-hybridized carbons (Fsp3) is 0.467. The third kappa shape index (κ3) is 2.82. The van der Waals surface area contributed by atoms with Crippen LogP contribution >= 0.6 is 0 Å². The number of pyridine rings is 1. The highest BCUT2D eigenvalue weighted by Gasteiger charge is 2.24. The number of ether oxygens (including phenoxy) is 1. The molecule has 3 rings (SSSR count). The van der Waals surface area contributed by atoms with E-state index in [0.717, 1.165) is 24.3 Å². The molecule has 2 aromatic heterocycles.